The van der Waals surface area contributed by atoms with E-state index in [1.54, 1.807) is 0 Å². The Hall–Kier alpha value is -0.0400. The van der Waals surface area contributed by atoms with Crippen LogP contribution in [0.4, 0.5) is 0 Å². The van der Waals surface area contributed by atoms with Gasteiger partial charge in [-0.1, -0.05) is 33.1 Å². The zero-order valence-electron chi connectivity index (χ0n) is 7.28. The van der Waals surface area contributed by atoms with Crippen LogP contribution in [-0.2, 0) is 0 Å². The Labute approximate surface area is 60.1 Å². The Balaban J connectivity index is 0. The van der Waals surface area contributed by atoms with Crippen molar-refractivity contribution in [2.24, 2.45) is 0 Å². The number of nitrogens with zero attached hydrogens (tertiary/aromatic N) is 1. The molecule has 9 heavy (non-hydrogen) atoms. The van der Waals surface area contributed by atoms with Gasteiger partial charge in [0.05, 0.1) is 0 Å². The third kappa shape index (κ3) is 73.6. The molecule has 0 saturated carbocycles. The van der Waals surface area contributed by atoms with Gasteiger partial charge in [0, 0.05) is 0 Å². The molecule has 0 unspecified atom stereocenters. The van der Waals surface area contributed by atoms with Crippen LogP contribution in [0.2, 0.25) is 0 Å². The minimum atomic E-state index is 1.09. The summed E-state index contributed by atoms with van der Waals surface area (Å²) in [6.45, 7) is 5.85. The third-order valence-electron chi connectivity index (χ3n) is 0.604. The molecule has 57 valence electrons. The largest absolute Gasteiger partial charge is 0.312 e. The van der Waals surface area contributed by atoms with Gasteiger partial charge in [0.2, 0.25) is 0 Å². The quantitative estimate of drug-likeness (QED) is 0.554. The summed E-state index contributed by atoms with van der Waals surface area (Å²) in [5, 5.41) is 0. The minimum absolute atomic E-state index is 1.09. The maximum atomic E-state index is 3.68. The van der Waals surface area contributed by atoms with E-state index in [-0.39, 0.29) is 0 Å². The van der Waals surface area contributed by atoms with Crippen LogP contribution >= 0.6 is 0 Å². The Morgan fingerprint density at radius 2 is 1.56 bits per heavy atom. The van der Waals surface area contributed by atoms with E-state index in [0.717, 1.165) is 6.42 Å². The van der Waals surface area contributed by atoms with Gasteiger partial charge in [-0.05, 0) is 21.1 Å². The molecule has 0 saturated heterocycles. The molecule has 0 heterocycles. The molecule has 0 spiro atoms. The molecule has 0 aliphatic carbocycles. The van der Waals surface area contributed by atoms with Crippen LogP contribution in [-0.4, -0.2) is 26.0 Å². The highest BCUT2D eigenvalue weighted by molar-refractivity contribution is 4.35. The van der Waals surface area contributed by atoms with Gasteiger partial charge in [-0.3, -0.25) is 0 Å². The normalized spacial score (nSPS) is 8.67. The molecule has 0 amide bonds. The average molecular weight is 130 g/mol. The number of hydrogen-bond acceptors (Lipinski definition) is 1. The van der Waals surface area contributed by atoms with Crippen LogP contribution in [0.15, 0.2) is 0 Å². The second-order valence-corrected chi connectivity index (χ2v) is 2.55. The third-order valence-corrected chi connectivity index (χ3v) is 0.604. The fourth-order valence-electron chi connectivity index (χ4n) is 0.250. The van der Waals surface area contributed by atoms with Gasteiger partial charge in [-0.25, -0.2) is 0 Å². The molecule has 1 nitrogen and oxygen atoms in total. The van der Waals surface area contributed by atoms with Gasteiger partial charge in [-0.15, -0.1) is 0 Å². The zero-order valence-corrected chi connectivity index (χ0v) is 7.28. The molecule has 1 heteroatoms. The minimum Gasteiger partial charge on any atom is -0.312 e. The number of rotatable bonds is 2. The van der Waals surface area contributed by atoms with E-state index < -0.39 is 0 Å². The van der Waals surface area contributed by atoms with Gasteiger partial charge in [0.15, 0.2) is 0 Å². The monoisotopic (exact) mass is 130 g/mol. The number of hydrogen-bond donors (Lipinski definition) is 0. The highest BCUT2D eigenvalue weighted by atomic mass is 15.0. The molecule has 1 radical (unpaired) electrons. The summed E-state index contributed by atoms with van der Waals surface area (Å²) in [4.78, 5) is 2.00. The van der Waals surface area contributed by atoms with Crippen molar-refractivity contribution in [2.75, 3.05) is 21.1 Å². The number of unbranched alkanes of at least 4 members (excludes halogenated alkanes) is 2. The maximum Gasteiger partial charge on any atom is -0.0140 e. The lowest BCUT2D eigenvalue weighted by Crippen LogP contribution is -1.99. The fourth-order valence-corrected chi connectivity index (χ4v) is 0.250. The van der Waals surface area contributed by atoms with Gasteiger partial charge < -0.3 is 4.90 Å². The summed E-state index contributed by atoms with van der Waals surface area (Å²) < 4.78 is 0. The highest BCUT2D eigenvalue weighted by Crippen LogP contribution is 1.87. The van der Waals surface area contributed by atoms with E-state index in [2.05, 4.69) is 13.8 Å². The van der Waals surface area contributed by atoms with Crippen LogP contribution in [0, 0.1) is 6.92 Å². The second-order valence-electron chi connectivity index (χ2n) is 2.55. The first kappa shape index (κ1) is 11.7. The van der Waals surface area contributed by atoms with E-state index in [1.807, 2.05) is 26.0 Å². The van der Waals surface area contributed by atoms with Crippen LogP contribution in [0.3, 0.4) is 0 Å². The molecule has 0 bridgehead atoms. The first-order chi connectivity index (χ1) is 4.15. The predicted molar refractivity (Wildman–Crippen MR) is 44.5 cm³/mol. The SMILES string of the molecule is CN(C)C.[CH2]CCCC. The van der Waals surface area contributed by atoms with E-state index in [9.17, 15) is 0 Å². The molecule has 0 aromatic heterocycles. The lowest BCUT2D eigenvalue weighted by Gasteiger charge is -1.90. The molecule has 0 fully saturated rings. The van der Waals surface area contributed by atoms with Crippen molar-refractivity contribution in [3.8, 4) is 0 Å². The second kappa shape index (κ2) is 10.9. The van der Waals surface area contributed by atoms with Crippen LogP contribution < -0.4 is 0 Å². The summed E-state index contributed by atoms with van der Waals surface area (Å²) in [5.41, 5.74) is 0. The molecular weight excluding hydrogens is 110 g/mol. The fraction of sp³-hybridized carbons (Fsp3) is 0.875. The molecule has 0 aromatic carbocycles. The Kier molecular flexibility index (Phi) is 14.1. The Morgan fingerprint density at radius 1 is 1.22 bits per heavy atom. The molecule has 0 aromatic rings. The molecule has 0 aliphatic heterocycles. The van der Waals surface area contributed by atoms with Crippen molar-refractivity contribution in [2.45, 2.75) is 26.2 Å². The summed E-state index contributed by atoms with van der Waals surface area (Å²) >= 11 is 0. The highest BCUT2D eigenvalue weighted by Gasteiger charge is 1.68. The summed E-state index contributed by atoms with van der Waals surface area (Å²) in [5.74, 6) is 0. The average Bonchev–Trinajstić information content (AvgIpc) is 1.66. The van der Waals surface area contributed by atoms with Gasteiger partial charge in [-0.2, -0.15) is 0 Å². The summed E-state index contributed by atoms with van der Waals surface area (Å²) in [6.07, 6.45) is 3.65. The maximum absolute atomic E-state index is 3.68. The van der Waals surface area contributed by atoms with Crippen molar-refractivity contribution >= 4 is 0 Å². The molecular formula is C8H20N. The first-order valence-corrected chi connectivity index (χ1v) is 3.55. The van der Waals surface area contributed by atoms with Crippen LogP contribution in [0.1, 0.15) is 26.2 Å². The van der Waals surface area contributed by atoms with Gasteiger partial charge in [0.25, 0.3) is 0 Å². The first-order valence-electron chi connectivity index (χ1n) is 3.55. The predicted octanol–water partition coefficient (Wildman–Crippen LogP) is 2.19. The summed E-state index contributed by atoms with van der Waals surface area (Å²) in [6, 6.07) is 0. The molecule has 0 N–H and O–H groups in total. The smallest absolute Gasteiger partial charge is 0.0140 e. The molecule has 0 atom stereocenters. The lowest BCUT2D eigenvalue weighted by molar-refractivity contribution is 0.505. The van der Waals surface area contributed by atoms with E-state index in [4.69, 9.17) is 0 Å². The van der Waals surface area contributed by atoms with E-state index >= 15 is 0 Å². The van der Waals surface area contributed by atoms with Crippen molar-refractivity contribution in [1.29, 1.82) is 0 Å². The summed E-state index contributed by atoms with van der Waals surface area (Å²) in [7, 11) is 6.00. The van der Waals surface area contributed by atoms with Gasteiger partial charge in [0.1, 0.15) is 0 Å². The Bertz CT molecular complexity index is 28.8. The Morgan fingerprint density at radius 3 is 1.56 bits per heavy atom. The standard InChI is InChI=1S/C5H11.C3H9N/c1-3-5-4-2;1-4(2)3/h1,3-5H2,2H3;1-3H3. The van der Waals surface area contributed by atoms with Crippen LogP contribution in [0.5, 0.6) is 0 Å². The van der Waals surface area contributed by atoms with Crippen molar-refractivity contribution in [1.82, 2.24) is 4.90 Å². The molecule has 0 rings (SSSR count). The lowest BCUT2D eigenvalue weighted by atomic mass is 10.3. The van der Waals surface area contributed by atoms with E-state index in [0.29, 0.717) is 0 Å². The van der Waals surface area contributed by atoms with Crippen LogP contribution in [0.25, 0.3) is 0 Å². The van der Waals surface area contributed by atoms with Crippen molar-refractivity contribution in [3.05, 3.63) is 6.92 Å². The van der Waals surface area contributed by atoms with Crippen molar-refractivity contribution in [3.63, 3.8) is 0 Å². The van der Waals surface area contributed by atoms with E-state index in [1.165, 1.54) is 12.8 Å². The topological polar surface area (TPSA) is 3.24 Å². The van der Waals surface area contributed by atoms with Gasteiger partial charge >= 0.3 is 0 Å². The zero-order chi connectivity index (χ0) is 7.70. The van der Waals surface area contributed by atoms with Crippen molar-refractivity contribution < 1.29 is 0 Å². The molecule has 0 aliphatic rings.